The Morgan fingerprint density at radius 2 is 1.86 bits per heavy atom. The predicted molar refractivity (Wildman–Crippen MR) is 108 cm³/mol. The number of carbonyl (C=O) groups excluding carboxylic acids is 3. The highest BCUT2D eigenvalue weighted by atomic mass is 16.2. The van der Waals surface area contributed by atoms with E-state index in [1.807, 2.05) is 4.90 Å². The minimum atomic E-state index is -0.411. The normalized spacial score (nSPS) is 25.3. The van der Waals surface area contributed by atoms with Crippen LogP contribution in [-0.4, -0.2) is 83.8 Å². The Balaban J connectivity index is 1.54. The maximum absolute atomic E-state index is 12.9. The summed E-state index contributed by atoms with van der Waals surface area (Å²) in [5, 5.41) is 2.89. The van der Waals surface area contributed by atoms with Crippen LogP contribution in [0.5, 0.6) is 0 Å². The summed E-state index contributed by atoms with van der Waals surface area (Å²) in [6.07, 6.45) is 7.01. The van der Waals surface area contributed by atoms with Crippen molar-refractivity contribution in [2.75, 3.05) is 39.3 Å². The number of hydrogen-bond donors (Lipinski definition) is 1. The van der Waals surface area contributed by atoms with Crippen LogP contribution in [0.4, 0.5) is 0 Å². The largest absolute Gasteiger partial charge is 0.353 e. The molecule has 158 valence electrons. The van der Waals surface area contributed by atoms with Gasteiger partial charge in [-0.2, -0.15) is 0 Å². The average molecular weight is 393 g/mol. The quantitative estimate of drug-likeness (QED) is 0.738. The number of piperazine rings is 2. The van der Waals surface area contributed by atoms with Crippen molar-refractivity contribution in [1.29, 1.82) is 0 Å². The molecule has 3 amide bonds. The Morgan fingerprint density at radius 3 is 2.54 bits per heavy atom. The third-order valence-corrected chi connectivity index (χ3v) is 6.43. The van der Waals surface area contributed by atoms with Crippen LogP contribution in [0.25, 0.3) is 0 Å². The minimum Gasteiger partial charge on any atom is -0.353 e. The lowest BCUT2D eigenvalue weighted by Crippen LogP contribution is -2.59. The van der Waals surface area contributed by atoms with E-state index >= 15 is 0 Å². The third kappa shape index (κ3) is 5.25. The summed E-state index contributed by atoms with van der Waals surface area (Å²) < 4.78 is 0. The molecular weight excluding hydrogens is 356 g/mol. The van der Waals surface area contributed by atoms with E-state index in [2.05, 4.69) is 24.1 Å². The van der Waals surface area contributed by atoms with Crippen LogP contribution in [0.15, 0.2) is 0 Å². The number of nitrogens with one attached hydrogen (secondary N) is 1. The fourth-order valence-electron chi connectivity index (χ4n) is 4.65. The topological polar surface area (TPSA) is 73.0 Å². The highest BCUT2D eigenvalue weighted by Gasteiger charge is 2.36. The lowest BCUT2D eigenvalue weighted by molar-refractivity contribution is -0.149. The van der Waals surface area contributed by atoms with Crippen molar-refractivity contribution in [3.05, 3.63) is 0 Å². The Labute approximate surface area is 168 Å². The predicted octanol–water partition coefficient (Wildman–Crippen LogP) is 1.23. The highest BCUT2D eigenvalue weighted by molar-refractivity contribution is 5.91. The average Bonchev–Trinajstić information content (AvgIpc) is 2.68. The third-order valence-electron chi connectivity index (χ3n) is 6.43. The van der Waals surface area contributed by atoms with Gasteiger partial charge in [0.25, 0.3) is 0 Å². The Morgan fingerprint density at radius 1 is 1.11 bits per heavy atom. The number of nitrogens with zero attached hydrogens (tertiary/aromatic N) is 3. The summed E-state index contributed by atoms with van der Waals surface area (Å²) >= 11 is 0. The summed E-state index contributed by atoms with van der Waals surface area (Å²) in [6, 6.07) is -0.0550. The lowest BCUT2D eigenvalue weighted by Gasteiger charge is -2.41. The Kier molecular flexibility index (Phi) is 7.32. The van der Waals surface area contributed by atoms with E-state index in [0.29, 0.717) is 31.6 Å². The maximum atomic E-state index is 12.9. The van der Waals surface area contributed by atoms with Gasteiger partial charge in [0.2, 0.25) is 17.7 Å². The van der Waals surface area contributed by atoms with Crippen LogP contribution in [0.2, 0.25) is 0 Å². The summed E-state index contributed by atoms with van der Waals surface area (Å²) in [5.41, 5.74) is 0. The molecule has 28 heavy (non-hydrogen) atoms. The van der Waals surface area contributed by atoms with Gasteiger partial charge in [-0.3, -0.25) is 19.3 Å². The zero-order valence-electron chi connectivity index (χ0n) is 17.5. The highest BCUT2D eigenvalue weighted by Crippen LogP contribution is 2.24. The van der Waals surface area contributed by atoms with Crippen molar-refractivity contribution in [3.8, 4) is 0 Å². The number of rotatable bonds is 6. The molecule has 0 aromatic rings. The smallest absolute Gasteiger partial charge is 0.242 e. The molecule has 0 unspecified atom stereocenters. The molecule has 3 aliphatic rings. The van der Waals surface area contributed by atoms with Gasteiger partial charge in [0, 0.05) is 32.2 Å². The van der Waals surface area contributed by atoms with Crippen LogP contribution in [0.3, 0.4) is 0 Å². The van der Waals surface area contributed by atoms with Gasteiger partial charge >= 0.3 is 0 Å². The molecule has 1 atom stereocenters. The molecule has 3 fully saturated rings. The molecule has 0 spiro atoms. The number of amides is 3. The van der Waals surface area contributed by atoms with Gasteiger partial charge < -0.3 is 15.1 Å². The van der Waals surface area contributed by atoms with Gasteiger partial charge in [-0.05, 0) is 31.7 Å². The standard InChI is InChI=1S/C21H36N4O3/c1-16(2)8-10-23-11-9-22-21(28)18(23)14-19(26)24-12-13-25(20(27)15-24)17-6-4-3-5-7-17/h16-18H,3-15H2,1-2H3,(H,22,28)/t18-/m0/s1. The molecule has 0 aromatic heterocycles. The van der Waals surface area contributed by atoms with Gasteiger partial charge in [0.1, 0.15) is 0 Å². The first-order valence-electron chi connectivity index (χ1n) is 11.0. The molecule has 2 heterocycles. The SMILES string of the molecule is CC(C)CCN1CCNC(=O)[C@@H]1CC(=O)N1CCN(C2CCCCC2)C(=O)C1. The Bertz CT molecular complexity index is 574. The molecule has 0 radical (unpaired) electrons. The van der Waals surface area contributed by atoms with E-state index in [-0.39, 0.29) is 30.7 Å². The van der Waals surface area contributed by atoms with Gasteiger partial charge in [-0.15, -0.1) is 0 Å². The Hall–Kier alpha value is -1.63. The zero-order chi connectivity index (χ0) is 20.1. The van der Waals surface area contributed by atoms with Gasteiger partial charge in [0.15, 0.2) is 0 Å². The van der Waals surface area contributed by atoms with Crippen LogP contribution in [0, 0.1) is 5.92 Å². The molecule has 3 rings (SSSR count). The molecule has 2 aliphatic heterocycles. The molecule has 1 saturated carbocycles. The van der Waals surface area contributed by atoms with Crippen LogP contribution < -0.4 is 5.32 Å². The van der Waals surface area contributed by atoms with E-state index in [4.69, 9.17) is 0 Å². The summed E-state index contributed by atoms with van der Waals surface area (Å²) in [5.74, 6) is 0.492. The first-order chi connectivity index (χ1) is 13.5. The summed E-state index contributed by atoms with van der Waals surface area (Å²) in [7, 11) is 0. The van der Waals surface area contributed by atoms with E-state index < -0.39 is 6.04 Å². The molecule has 0 bridgehead atoms. The van der Waals surface area contributed by atoms with Crippen molar-refractivity contribution >= 4 is 17.7 Å². The van der Waals surface area contributed by atoms with E-state index in [1.54, 1.807) is 4.90 Å². The van der Waals surface area contributed by atoms with Gasteiger partial charge in [0.05, 0.1) is 19.0 Å². The second-order valence-electron chi connectivity index (χ2n) is 8.92. The summed E-state index contributed by atoms with van der Waals surface area (Å²) in [6.45, 7) is 7.96. The first kappa shape index (κ1) is 21.1. The van der Waals surface area contributed by atoms with Crippen LogP contribution in [-0.2, 0) is 14.4 Å². The maximum Gasteiger partial charge on any atom is 0.242 e. The van der Waals surface area contributed by atoms with Crippen molar-refractivity contribution in [2.24, 2.45) is 5.92 Å². The molecule has 1 aliphatic carbocycles. The van der Waals surface area contributed by atoms with E-state index in [1.165, 1.54) is 19.3 Å². The van der Waals surface area contributed by atoms with Gasteiger partial charge in [-0.1, -0.05) is 33.1 Å². The second-order valence-corrected chi connectivity index (χ2v) is 8.92. The number of hydrogen-bond acceptors (Lipinski definition) is 4. The molecule has 1 N–H and O–H groups in total. The first-order valence-corrected chi connectivity index (χ1v) is 11.0. The fraction of sp³-hybridized carbons (Fsp3) is 0.857. The van der Waals surface area contributed by atoms with Gasteiger partial charge in [-0.25, -0.2) is 0 Å². The monoisotopic (exact) mass is 392 g/mol. The molecular formula is C21H36N4O3. The van der Waals surface area contributed by atoms with Crippen molar-refractivity contribution < 1.29 is 14.4 Å². The van der Waals surface area contributed by atoms with Crippen molar-refractivity contribution in [1.82, 2.24) is 20.0 Å². The second kappa shape index (κ2) is 9.72. The molecule has 0 aromatic carbocycles. The molecule has 2 saturated heterocycles. The summed E-state index contributed by atoms with van der Waals surface area (Å²) in [4.78, 5) is 43.7. The van der Waals surface area contributed by atoms with E-state index in [9.17, 15) is 14.4 Å². The minimum absolute atomic E-state index is 0.0597. The zero-order valence-corrected chi connectivity index (χ0v) is 17.5. The molecule has 7 heteroatoms. The van der Waals surface area contributed by atoms with Crippen molar-refractivity contribution in [3.63, 3.8) is 0 Å². The van der Waals surface area contributed by atoms with Crippen LogP contribution >= 0.6 is 0 Å². The van der Waals surface area contributed by atoms with Crippen molar-refractivity contribution in [2.45, 2.75) is 70.9 Å². The fourth-order valence-corrected chi connectivity index (χ4v) is 4.65. The lowest BCUT2D eigenvalue weighted by atomic mass is 9.93. The molecule has 7 nitrogen and oxygen atoms in total. The number of carbonyl (C=O) groups is 3. The van der Waals surface area contributed by atoms with E-state index in [0.717, 1.165) is 32.4 Å². The van der Waals surface area contributed by atoms with Crippen LogP contribution in [0.1, 0.15) is 58.8 Å².